The first-order chi connectivity index (χ1) is 10.3. The Bertz CT molecular complexity index is 574. The van der Waals surface area contributed by atoms with Crippen LogP contribution < -0.4 is 5.43 Å². The van der Waals surface area contributed by atoms with Crippen molar-refractivity contribution in [2.24, 2.45) is 5.10 Å². The Morgan fingerprint density at radius 2 is 1.95 bits per heavy atom. The molecule has 2 rings (SSSR count). The number of rotatable bonds is 7. The Labute approximate surface area is 124 Å². The number of carbonyl (C=O) groups excluding carboxylic acids is 1. The van der Waals surface area contributed by atoms with Crippen molar-refractivity contribution >= 4 is 11.6 Å². The molecule has 1 amide bonds. The summed E-state index contributed by atoms with van der Waals surface area (Å²) in [5.41, 5.74) is 4.49. The normalized spacial score (nSPS) is 11.4. The second kappa shape index (κ2) is 8.04. The fourth-order valence-corrected chi connectivity index (χ4v) is 2.02. The van der Waals surface area contributed by atoms with Gasteiger partial charge in [-0.3, -0.25) is 4.79 Å². The van der Waals surface area contributed by atoms with Crippen LogP contribution in [0.2, 0.25) is 0 Å². The van der Waals surface area contributed by atoms with Gasteiger partial charge >= 0.3 is 5.91 Å². The SMILES string of the molecule is CCCCCC(=NNC(=O)c1ccco1)c1ccccc1. The molecular formula is C17H20N2O2. The maximum Gasteiger partial charge on any atom is 0.307 e. The fourth-order valence-electron chi connectivity index (χ4n) is 2.02. The molecule has 0 bridgehead atoms. The molecular weight excluding hydrogens is 264 g/mol. The lowest BCUT2D eigenvalue weighted by atomic mass is 10.0. The molecule has 0 radical (unpaired) electrons. The van der Waals surface area contributed by atoms with Gasteiger partial charge in [-0.25, -0.2) is 5.43 Å². The molecule has 2 aromatic rings. The number of hydrogen-bond donors (Lipinski definition) is 1. The third-order valence-electron chi connectivity index (χ3n) is 3.16. The summed E-state index contributed by atoms with van der Waals surface area (Å²) >= 11 is 0. The first-order valence-corrected chi connectivity index (χ1v) is 7.27. The second-order valence-electron chi connectivity index (χ2n) is 4.80. The van der Waals surface area contributed by atoms with Gasteiger partial charge in [0.1, 0.15) is 0 Å². The monoisotopic (exact) mass is 284 g/mol. The minimum absolute atomic E-state index is 0.264. The zero-order valence-corrected chi connectivity index (χ0v) is 12.2. The van der Waals surface area contributed by atoms with Gasteiger partial charge in [0, 0.05) is 0 Å². The Kier molecular flexibility index (Phi) is 5.76. The minimum Gasteiger partial charge on any atom is -0.459 e. The molecule has 0 spiro atoms. The number of benzene rings is 1. The van der Waals surface area contributed by atoms with E-state index in [1.807, 2.05) is 30.3 Å². The number of hydrogen-bond acceptors (Lipinski definition) is 3. The topological polar surface area (TPSA) is 54.6 Å². The van der Waals surface area contributed by atoms with Gasteiger partial charge in [-0.05, 0) is 30.5 Å². The first-order valence-electron chi connectivity index (χ1n) is 7.27. The third kappa shape index (κ3) is 4.60. The molecule has 0 saturated heterocycles. The highest BCUT2D eigenvalue weighted by molar-refractivity contribution is 6.01. The molecule has 1 heterocycles. The molecule has 21 heavy (non-hydrogen) atoms. The molecule has 0 aliphatic carbocycles. The summed E-state index contributed by atoms with van der Waals surface area (Å²) in [6.45, 7) is 2.16. The van der Waals surface area contributed by atoms with Crippen molar-refractivity contribution in [3.05, 3.63) is 60.1 Å². The first kappa shape index (κ1) is 15.0. The van der Waals surface area contributed by atoms with Gasteiger partial charge in [-0.1, -0.05) is 50.1 Å². The van der Waals surface area contributed by atoms with Crippen molar-refractivity contribution in [3.8, 4) is 0 Å². The lowest BCUT2D eigenvalue weighted by Crippen LogP contribution is -2.19. The van der Waals surface area contributed by atoms with E-state index in [9.17, 15) is 4.79 Å². The lowest BCUT2D eigenvalue weighted by Gasteiger charge is -2.07. The van der Waals surface area contributed by atoms with Gasteiger partial charge in [0.05, 0.1) is 12.0 Å². The van der Waals surface area contributed by atoms with Crippen LogP contribution in [-0.4, -0.2) is 11.6 Å². The van der Waals surface area contributed by atoms with Crippen LogP contribution in [0.4, 0.5) is 0 Å². The van der Waals surface area contributed by atoms with Crippen molar-refractivity contribution in [1.29, 1.82) is 0 Å². The Morgan fingerprint density at radius 3 is 2.62 bits per heavy atom. The third-order valence-corrected chi connectivity index (χ3v) is 3.16. The van der Waals surface area contributed by atoms with E-state index in [-0.39, 0.29) is 11.7 Å². The van der Waals surface area contributed by atoms with Gasteiger partial charge in [-0.15, -0.1) is 0 Å². The van der Waals surface area contributed by atoms with E-state index in [1.54, 1.807) is 12.1 Å². The number of unbranched alkanes of at least 4 members (excludes halogenated alkanes) is 2. The van der Waals surface area contributed by atoms with E-state index in [1.165, 1.54) is 6.26 Å². The van der Waals surface area contributed by atoms with Crippen molar-refractivity contribution in [2.75, 3.05) is 0 Å². The number of nitrogens with one attached hydrogen (secondary N) is 1. The zero-order chi connectivity index (χ0) is 14.9. The average molecular weight is 284 g/mol. The number of nitrogens with zero attached hydrogens (tertiary/aromatic N) is 1. The summed E-state index contributed by atoms with van der Waals surface area (Å²) in [6.07, 6.45) is 5.67. The molecule has 0 saturated carbocycles. The standard InChI is InChI=1S/C17H20N2O2/c1-2-3-5-11-15(14-9-6-4-7-10-14)18-19-17(20)16-12-8-13-21-16/h4,6-10,12-13H,2-3,5,11H2,1H3,(H,19,20). The Balaban J connectivity index is 2.07. The lowest BCUT2D eigenvalue weighted by molar-refractivity contribution is 0.0927. The molecule has 0 unspecified atom stereocenters. The number of furan rings is 1. The summed E-state index contributed by atoms with van der Waals surface area (Å²) in [7, 11) is 0. The molecule has 1 N–H and O–H groups in total. The maximum absolute atomic E-state index is 11.9. The van der Waals surface area contributed by atoms with Crippen LogP contribution in [0.3, 0.4) is 0 Å². The minimum atomic E-state index is -0.330. The van der Waals surface area contributed by atoms with Crippen LogP contribution in [0.15, 0.2) is 58.2 Å². The molecule has 1 aromatic heterocycles. The maximum atomic E-state index is 11.9. The van der Waals surface area contributed by atoms with E-state index in [0.717, 1.165) is 37.0 Å². The second-order valence-corrected chi connectivity index (χ2v) is 4.80. The summed E-state index contributed by atoms with van der Waals surface area (Å²) in [6, 6.07) is 13.2. The van der Waals surface area contributed by atoms with E-state index in [4.69, 9.17) is 4.42 Å². The summed E-state index contributed by atoms with van der Waals surface area (Å²) < 4.78 is 5.05. The molecule has 4 nitrogen and oxygen atoms in total. The predicted molar refractivity (Wildman–Crippen MR) is 83.3 cm³/mol. The van der Waals surface area contributed by atoms with E-state index < -0.39 is 0 Å². The smallest absolute Gasteiger partial charge is 0.307 e. The summed E-state index contributed by atoms with van der Waals surface area (Å²) in [5, 5.41) is 4.28. The highest BCUT2D eigenvalue weighted by atomic mass is 16.3. The quantitative estimate of drug-likeness (QED) is 0.475. The van der Waals surface area contributed by atoms with E-state index >= 15 is 0 Å². The molecule has 0 atom stereocenters. The predicted octanol–water partition coefficient (Wildman–Crippen LogP) is 3.99. The largest absolute Gasteiger partial charge is 0.459 e. The fraction of sp³-hybridized carbons (Fsp3) is 0.294. The molecule has 0 aliphatic heterocycles. The van der Waals surface area contributed by atoms with Crippen molar-refractivity contribution < 1.29 is 9.21 Å². The van der Waals surface area contributed by atoms with Crippen LogP contribution in [0.25, 0.3) is 0 Å². The molecule has 0 fully saturated rings. The van der Waals surface area contributed by atoms with Crippen LogP contribution in [-0.2, 0) is 0 Å². The van der Waals surface area contributed by atoms with Crippen LogP contribution >= 0.6 is 0 Å². The molecule has 110 valence electrons. The summed E-state index contributed by atoms with van der Waals surface area (Å²) in [5.74, 6) is -0.0661. The van der Waals surface area contributed by atoms with Crippen LogP contribution in [0, 0.1) is 0 Å². The number of hydrazone groups is 1. The zero-order valence-electron chi connectivity index (χ0n) is 12.2. The van der Waals surface area contributed by atoms with E-state index in [0.29, 0.717) is 0 Å². The number of carbonyl (C=O) groups is 1. The van der Waals surface area contributed by atoms with Gasteiger partial charge in [0.15, 0.2) is 5.76 Å². The Hall–Kier alpha value is -2.36. The van der Waals surface area contributed by atoms with Crippen LogP contribution in [0.5, 0.6) is 0 Å². The van der Waals surface area contributed by atoms with Crippen molar-refractivity contribution in [2.45, 2.75) is 32.6 Å². The highest BCUT2D eigenvalue weighted by Crippen LogP contribution is 2.09. The number of amides is 1. The Morgan fingerprint density at radius 1 is 1.14 bits per heavy atom. The van der Waals surface area contributed by atoms with Crippen molar-refractivity contribution in [1.82, 2.24) is 5.43 Å². The van der Waals surface area contributed by atoms with Gasteiger partial charge in [0.25, 0.3) is 0 Å². The highest BCUT2D eigenvalue weighted by Gasteiger charge is 2.08. The molecule has 4 heteroatoms. The molecule has 0 aliphatic rings. The van der Waals surface area contributed by atoms with Crippen LogP contribution in [0.1, 0.15) is 48.7 Å². The van der Waals surface area contributed by atoms with Gasteiger partial charge < -0.3 is 4.42 Å². The van der Waals surface area contributed by atoms with Crippen molar-refractivity contribution in [3.63, 3.8) is 0 Å². The van der Waals surface area contributed by atoms with Gasteiger partial charge in [0.2, 0.25) is 0 Å². The molecule has 1 aromatic carbocycles. The summed E-state index contributed by atoms with van der Waals surface area (Å²) in [4.78, 5) is 11.9. The average Bonchev–Trinajstić information content (AvgIpc) is 3.06. The van der Waals surface area contributed by atoms with Gasteiger partial charge in [-0.2, -0.15) is 5.10 Å². The van der Waals surface area contributed by atoms with E-state index in [2.05, 4.69) is 17.5 Å².